The van der Waals surface area contributed by atoms with Crippen LogP contribution >= 0.6 is 0 Å². The highest BCUT2D eigenvalue weighted by molar-refractivity contribution is 5.57. The fourth-order valence-electron chi connectivity index (χ4n) is 2.79. The van der Waals surface area contributed by atoms with Crippen LogP contribution in [-0.4, -0.2) is 18.8 Å². The van der Waals surface area contributed by atoms with Gasteiger partial charge in [0, 0.05) is 12.1 Å². The van der Waals surface area contributed by atoms with Crippen molar-refractivity contribution < 1.29 is 22.3 Å². The Labute approximate surface area is 121 Å². The first-order valence-electron chi connectivity index (χ1n) is 7.17. The van der Waals surface area contributed by atoms with E-state index in [2.05, 4.69) is 5.32 Å². The Balaban J connectivity index is 2.19. The van der Waals surface area contributed by atoms with Gasteiger partial charge in [-0.15, -0.1) is 0 Å². The maximum atomic E-state index is 13.2. The first kappa shape index (κ1) is 15.9. The molecule has 1 aliphatic carbocycles. The van der Waals surface area contributed by atoms with Gasteiger partial charge in [0.1, 0.15) is 11.6 Å². The first-order chi connectivity index (χ1) is 9.91. The van der Waals surface area contributed by atoms with E-state index >= 15 is 0 Å². The summed E-state index contributed by atoms with van der Waals surface area (Å²) in [5.74, 6) is -1.59. The van der Waals surface area contributed by atoms with Crippen molar-refractivity contribution in [1.82, 2.24) is 0 Å². The topological polar surface area (TPSA) is 21.3 Å². The molecule has 0 aliphatic heterocycles. The van der Waals surface area contributed by atoms with Crippen molar-refractivity contribution in [3.63, 3.8) is 0 Å². The average Bonchev–Trinajstić information content (AvgIpc) is 2.41. The number of ether oxygens (including phenoxy) is 1. The zero-order valence-electron chi connectivity index (χ0n) is 11.8. The smallest absolute Gasteiger partial charge is 0.393 e. The fourth-order valence-corrected chi connectivity index (χ4v) is 2.79. The van der Waals surface area contributed by atoms with Gasteiger partial charge in [-0.3, -0.25) is 0 Å². The Morgan fingerprint density at radius 3 is 2.62 bits per heavy atom. The Kier molecular flexibility index (Phi) is 4.96. The maximum absolute atomic E-state index is 13.2. The van der Waals surface area contributed by atoms with E-state index in [9.17, 15) is 17.6 Å². The van der Waals surface area contributed by atoms with E-state index in [1.807, 2.05) is 0 Å². The van der Waals surface area contributed by atoms with E-state index in [-0.39, 0.29) is 12.2 Å². The van der Waals surface area contributed by atoms with Gasteiger partial charge in [0.05, 0.1) is 18.2 Å². The van der Waals surface area contributed by atoms with Crippen LogP contribution in [0.2, 0.25) is 0 Å². The molecule has 21 heavy (non-hydrogen) atoms. The lowest BCUT2D eigenvalue weighted by Gasteiger charge is -2.34. The minimum Gasteiger partial charge on any atom is -0.492 e. The molecule has 2 atom stereocenters. The third-order valence-corrected chi connectivity index (χ3v) is 3.77. The van der Waals surface area contributed by atoms with E-state index < -0.39 is 24.0 Å². The molecule has 0 aromatic heterocycles. The molecule has 2 unspecified atom stereocenters. The quantitative estimate of drug-likeness (QED) is 0.810. The fraction of sp³-hybridized carbons (Fsp3) is 0.600. The Bertz CT molecular complexity index is 475. The van der Waals surface area contributed by atoms with Gasteiger partial charge in [-0.1, -0.05) is 12.8 Å². The number of benzene rings is 1. The van der Waals surface area contributed by atoms with Gasteiger partial charge in [-0.25, -0.2) is 4.39 Å². The normalized spacial score (nSPS) is 22.9. The molecule has 1 fully saturated rings. The van der Waals surface area contributed by atoms with Crippen LogP contribution < -0.4 is 10.1 Å². The van der Waals surface area contributed by atoms with Crippen molar-refractivity contribution in [3.05, 3.63) is 24.0 Å². The second kappa shape index (κ2) is 6.54. The van der Waals surface area contributed by atoms with E-state index in [0.717, 1.165) is 6.42 Å². The minimum absolute atomic E-state index is 0.131. The minimum atomic E-state index is -4.22. The van der Waals surface area contributed by atoms with Crippen molar-refractivity contribution in [2.24, 2.45) is 5.92 Å². The van der Waals surface area contributed by atoms with Gasteiger partial charge < -0.3 is 10.1 Å². The van der Waals surface area contributed by atoms with Gasteiger partial charge in [-0.2, -0.15) is 13.2 Å². The molecule has 1 aliphatic rings. The van der Waals surface area contributed by atoms with Crippen LogP contribution in [0.3, 0.4) is 0 Å². The number of hydrogen-bond acceptors (Lipinski definition) is 2. The summed E-state index contributed by atoms with van der Waals surface area (Å²) >= 11 is 0. The van der Waals surface area contributed by atoms with Crippen LogP contribution in [-0.2, 0) is 0 Å². The molecular weight excluding hydrogens is 286 g/mol. The lowest BCUT2D eigenvalue weighted by Crippen LogP contribution is -2.41. The second-order valence-corrected chi connectivity index (χ2v) is 5.26. The second-order valence-electron chi connectivity index (χ2n) is 5.26. The summed E-state index contributed by atoms with van der Waals surface area (Å²) in [5.41, 5.74) is 0.416. The molecule has 0 saturated heterocycles. The molecule has 1 aromatic carbocycles. The van der Waals surface area contributed by atoms with Crippen LogP contribution in [0.25, 0.3) is 0 Å². The highest BCUT2D eigenvalue weighted by Crippen LogP contribution is 2.40. The van der Waals surface area contributed by atoms with Gasteiger partial charge in [-0.05, 0) is 31.9 Å². The van der Waals surface area contributed by atoms with E-state index in [0.29, 0.717) is 25.1 Å². The molecule has 2 nitrogen and oxygen atoms in total. The number of rotatable bonds is 4. The monoisotopic (exact) mass is 305 g/mol. The molecule has 1 N–H and O–H groups in total. The van der Waals surface area contributed by atoms with Crippen molar-refractivity contribution in [3.8, 4) is 5.75 Å². The van der Waals surface area contributed by atoms with Crippen LogP contribution in [0, 0.1) is 11.7 Å². The molecule has 6 heteroatoms. The number of anilines is 1. The lowest BCUT2D eigenvalue weighted by atomic mass is 9.84. The number of nitrogens with one attached hydrogen (secondary N) is 1. The predicted molar refractivity (Wildman–Crippen MR) is 73.0 cm³/mol. The summed E-state index contributed by atoms with van der Waals surface area (Å²) in [6, 6.07) is 3.15. The largest absolute Gasteiger partial charge is 0.492 e. The summed E-state index contributed by atoms with van der Waals surface area (Å²) in [6.45, 7) is 2.07. The number of hydrogen-bond donors (Lipinski definition) is 1. The van der Waals surface area contributed by atoms with Crippen molar-refractivity contribution in [1.29, 1.82) is 0 Å². The van der Waals surface area contributed by atoms with Crippen LogP contribution in [0.4, 0.5) is 23.2 Å². The Hall–Kier alpha value is -1.46. The van der Waals surface area contributed by atoms with E-state index in [4.69, 9.17) is 4.74 Å². The zero-order valence-corrected chi connectivity index (χ0v) is 11.8. The SMILES string of the molecule is CCOc1cc(F)ccc1NC1CCCCC1C(F)(F)F. The highest BCUT2D eigenvalue weighted by atomic mass is 19.4. The summed E-state index contributed by atoms with van der Waals surface area (Å²) < 4.78 is 57.8. The van der Waals surface area contributed by atoms with E-state index in [1.165, 1.54) is 18.2 Å². The number of alkyl halides is 3. The molecule has 0 bridgehead atoms. The molecule has 1 aromatic rings. The zero-order chi connectivity index (χ0) is 15.5. The molecule has 118 valence electrons. The predicted octanol–water partition coefficient (Wildman–Crippen LogP) is 4.76. The molecule has 1 saturated carbocycles. The van der Waals surface area contributed by atoms with Crippen molar-refractivity contribution >= 4 is 5.69 Å². The van der Waals surface area contributed by atoms with Crippen LogP contribution in [0.1, 0.15) is 32.6 Å². The van der Waals surface area contributed by atoms with Crippen LogP contribution in [0.15, 0.2) is 18.2 Å². The van der Waals surface area contributed by atoms with E-state index in [1.54, 1.807) is 6.92 Å². The molecule has 0 radical (unpaired) electrons. The summed E-state index contributed by atoms with van der Waals surface area (Å²) in [5, 5.41) is 2.91. The molecular formula is C15H19F4NO. The third kappa shape index (κ3) is 4.02. The molecule has 0 heterocycles. The Morgan fingerprint density at radius 1 is 1.24 bits per heavy atom. The standard InChI is InChI=1S/C15H19F4NO/c1-2-21-14-9-10(16)7-8-13(14)20-12-6-4-3-5-11(12)15(17,18)19/h7-9,11-12,20H,2-6H2,1H3. The van der Waals surface area contributed by atoms with Crippen molar-refractivity contribution in [2.45, 2.75) is 44.8 Å². The highest BCUT2D eigenvalue weighted by Gasteiger charge is 2.45. The van der Waals surface area contributed by atoms with Gasteiger partial charge >= 0.3 is 6.18 Å². The maximum Gasteiger partial charge on any atom is 0.393 e. The summed E-state index contributed by atoms with van der Waals surface area (Å²) in [7, 11) is 0. The summed E-state index contributed by atoms with van der Waals surface area (Å²) in [4.78, 5) is 0. The van der Waals surface area contributed by atoms with Gasteiger partial charge in [0.15, 0.2) is 0 Å². The van der Waals surface area contributed by atoms with Crippen molar-refractivity contribution in [2.75, 3.05) is 11.9 Å². The Morgan fingerprint density at radius 2 is 1.95 bits per heavy atom. The molecule has 0 amide bonds. The van der Waals surface area contributed by atoms with Gasteiger partial charge in [0.2, 0.25) is 0 Å². The third-order valence-electron chi connectivity index (χ3n) is 3.77. The molecule has 0 spiro atoms. The first-order valence-corrected chi connectivity index (χ1v) is 7.17. The summed E-state index contributed by atoms with van der Waals surface area (Å²) in [6.07, 6.45) is -2.29. The number of halogens is 4. The lowest BCUT2D eigenvalue weighted by molar-refractivity contribution is -0.184. The van der Waals surface area contributed by atoms with Crippen LogP contribution in [0.5, 0.6) is 5.75 Å². The molecule has 2 rings (SSSR count). The average molecular weight is 305 g/mol. The van der Waals surface area contributed by atoms with Gasteiger partial charge in [0.25, 0.3) is 0 Å².